The molecule has 33 heavy (non-hydrogen) atoms. The molecule has 0 N–H and O–H groups in total. The maximum absolute atomic E-state index is 6.21. The molecule has 5 heteroatoms. The van der Waals surface area contributed by atoms with Gasteiger partial charge in [0.25, 0.3) is 0 Å². The molecule has 0 spiro atoms. The van der Waals surface area contributed by atoms with Gasteiger partial charge >= 0.3 is 7.12 Å². The van der Waals surface area contributed by atoms with E-state index in [0.29, 0.717) is 5.82 Å². The van der Waals surface area contributed by atoms with Gasteiger partial charge in [-0.15, -0.1) is 0 Å². The molecule has 2 heterocycles. The van der Waals surface area contributed by atoms with E-state index < -0.39 is 0 Å². The van der Waals surface area contributed by atoms with Gasteiger partial charge in [0.05, 0.1) is 16.9 Å². The summed E-state index contributed by atoms with van der Waals surface area (Å²) in [6.45, 7) is 8.27. The van der Waals surface area contributed by atoms with E-state index in [9.17, 15) is 0 Å². The maximum atomic E-state index is 6.21. The summed E-state index contributed by atoms with van der Waals surface area (Å²) in [5.74, 6) is 0.715. The Morgan fingerprint density at radius 3 is 1.76 bits per heavy atom. The second kappa shape index (κ2) is 8.25. The van der Waals surface area contributed by atoms with E-state index in [-0.39, 0.29) is 18.3 Å². The van der Waals surface area contributed by atoms with Crippen LogP contribution >= 0.6 is 0 Å². The molecule has 5 rings (SSSR count). The van der Waals surface area contributed by atoms with Crippen LogP contribution < -0.4 is 5.46 Å². The Hall–Kier alpha value is -3.28. The smallest absolute Gasteiger partial charge is 0.399 e. The molecule has 4 nitrogen and oxygen atoms in total. The van der Waals surface area contributed by atoms with E-state index in [0.717, 1.165) is 33.4 Å². The van der Waals surface area contributed by atoms with Crippen LogP contribution in [0.2, 0.25) is 0 Å². The van der Waals surface area contributed by atoms with Gasteiger partial charge in [-0.25, -0.2) is 9.97 Å². The van der Waals surface area contributed by atoms with Crippen molar-refractivity contribution >= 4 is 12.6 Å². The summed E-state index contributed by atoms with van der Waals surface area (Å²) in [5, 5.41) is 0. The van der Waals surface area contributed by atoms with Crippen LogP contribution in [0.3, 0.4) is 0 Å². The van der Waals surface area contributed by atoms with Crippen molar-refractivity contribution in [2.45, 2.75) is 38.9 Å². The lowest BCUT2D eigenvalue weighted by molar-refractivity contribution is 0.00578. The Kier molecular flexibility index (Phi) is 5.39. The standard InChI is InChI=1S/C28H27BN2O2/c1-27(2)28(3,4)33-29(32-27)23-17-15-20(16-18-23)24-19-30-26(22-13-9-6-10-14-22)31-25(24)21-11-7-5-8-12-21/h5-19H,1-4H3. The van der Waals surface area contributed by atoms with E-state index in [1.54, 1.807) is 0 Å². The summed E-state index contributed by atoms with van der Waals surface area (Å²) in [5.41, 5.74) is 5.28. The van der Waals surface area contributed by atoms with Crippen molar-refractivity contribution in [1.29, 1.82) is 0 Å². The van der Waals surface area contributed by atoms with Crippen LogP contribution in [0.1, 0.15) is 27.7 Å². The summed E-state index contributed by atoms with van der Waals surface area (Å²) in [4.78, 5) is 9.66. The van der Waals surface area contributed by atoms with E-state index in [2.05, 4.69) is 69.1 Å². The molecule has 4 aromatic rings. The molecule has 1 aromatic heterocycles. The highest BCUT2D eigenvalue weighted by Gasteiger charge is 2.51. The first kappa shape index (κ1) is 21.6. The van der Waals surface area contributed by atoms with Gasteiger partial charge in [0.15, 0.2) is 5.82 Å². The van der Waals surface area contributed by atoms with Gasteiger partial charge in [-0.1, -0.05) is 84.9 Å². The molecule has 1 fully saturated rings. The second-order valence-electron chi connectivity index (χ2n) is 9.40. The van der Waals surface area contributed by atoms with Crippen molar-refractivity contribution in [1.82, 2.24) is 9.97 Å². The summed E-state index contributed by atoms with van der Waals surface area (Å²) in [6, 6.07) is 28.6. The fourth-order valence-corrected chi connectivity index (χ4v) is 3.93. The summed E-state index contributed by atoms with van der Waals surface area (Å²) >= 11 is 0. The zero-order chi connectivity index (χ0) is 23.1. The minimum absolute atomic E-state index is 0.363. The van der Waals surface area contributed by atoms with Gasteiger partial charge in [-0.3, -0.25) is 0 Å². The molecule has 164 valence electrons. The van der Waals surface area contributed by atoms with Crippen LogP contribution in [0.15, 0.2) is 91.1 Å². The first-order valence-electron chi connectivity index (χ1n) is 11.3. The number of hydrogen-bond donors (Lipinski definition) is 0. The summed E-state index contributed by atoms with van der Waals surface area (Å²) in [7, 11) is -0.380. The molecule has 1 aliphatic heterocycles. The highest BCUT2D eigenvalue weighted by molar-refractivity contribution is 6.62. The first-order valence-corrected chi connectivity index (χ1v) is 11.3. The maximum Gasteiger partial charge on any atom is 0.494 e. The lowest BCUT2D eigenvalue weighted by Gasteiger charge is -2.32. The van der Waals surface area contributed by atoms with E-state index in [4.69, 9.17) is 14.3 Å². The monoisotopic (exact) mass is 434 g/mol. The van der Waals surface area contributed by atoms with Gasteiger partial charge in [0.1, 0.15) is 0 Å². The third-order valence-corrected chi connectivity index (χ3v) is 6.62. The number of nitrogens with zero attached hydrogens (tertiary/aromatic N) is 2. The molecule has 0 amide bonds. The van der Waals surface area contributed by atoms with E-state index in [1.165, 1.54) is 0 Å². The lowest BCUT2D eigenvalue weighted by Crippen LogP contribution is -2.41. The van der Waals surface area contributed by atoms with Crippen LogP contribution in [0, 0.1) is 0 Å². The second-order valence-corrected chi connectivity index (χ2v) is 9.40. The molecule has 1 saturated heterocycles. The van der Waals surface area contributed by atoms with Gasteiger partial charge in [-0.2, -0.15) is 0 Å². The number of rotatable bonds is 4. The predicted octanol–water partition coefficient (Wildman–Crippen LogP) is 5.78. The quantitative estimate of drug-likeness (QED) is 0.382. The molecular formula is C28H27BN2O2. The van der Waals surface area contributed by atoms with Crippen LogP contribution in [-0.2, 0) is 9.31 Å². The zero-order valence-corrected chi connectivity index (χ0v) is 19.4. The van der Waals surface area contributed by atoms with Crippen molar-refractivity contribution in [3.05, 3.63) is 91.1 Å². The lowest BCUT2D eigenvalue weighted by atomic mass is 9.78. The number of aromatic nitrogens is 2. The molecule has 3 aromatic carbocycles. The number of hydrogen-bond acceptors (Lipinski definition) is 4. The Morgan fingerprint density at radius 2 is 1.18 bits per heavy atom. The first-order chi connectivity index (χ1) is 15.8. The van der Waals surface area contributed by atoms with Crippen LogP contribution in [0.4, 0.5) is 0 Å². The van der Waals surface area contributed by atoms with Crippen molar-refractivity contribution in [2.24, 2.45) is 0 Å². The fourth-order valence-electron chi connectivity index (χ4n) is 3.93. The van der Waals surface area contributed by atoms with Crippen molar-refractivity contribution in [3.63, 3.8) is 0 Å². The van der Waals surface area contributed by atoms with Crippen molar-refractivity contribution in [2.75, 3.05) is 0 Å². The molecule has 0 radical (unpaired) electrons. The van der Waals surface area contributed by atoms with Gasteiger partial charge in [0, 0.05) is 22.9 Å². The molecule has 0 aliphatic carbocycles. The molecule has 1 aliphatic rings. The van der Waals surface area contributed by atoms with Gasteiger partial charge in [-0.05, 0) is 38.7 Å². The normalized spacial score (nSPS) is 16.7. The van der Waals surface area contributed by atoms with Gasteiger partial charge in [0.2, 0.25) is 0 Å². The SMILES string of the molecule is CC1(C)OB(c2ccc(-c3cnc(-c4ccccc4)nc3-c3ccccc3)cc2)OC1(C)C. The Morgan fingerprint density at radius 1 is 0.636 bits per heavy atom. The molecular weight excluding hydrogens is 407 g/mol. The third-order valence-electron chi connectivity index (χ3n) is 6.62. The van der Waals surface area contributed by atoms with Crippen LogP contribution in [0.25, 0.3) is 33.8 Å². The Balaban J connectivity index is 1.53. The van der Waals surface area contributed by atoms with Crippen molar-refractivity contribution < 1.29 is 9.31 Å². The minimum Gasteiger partial charge on any atom is -0.399 e. The highest BCUT2D eigenvalue weighted by atomic mass is 16.7. The third kappa shape index (κ3) is 4.10. The van der Waals surface area contributed by atoms with E-state index >= 15 is 0 Å². The largest absolute Gasteiger partial charge is 0.494 e. The summed E-state index contributed by atoms with van der Waals surface area (Å²) in [6.07, 6.45) is 1.92. The number of benzene rings is 3. The molecule has 0 bridgehead atoms. The fraction of sp³-hybridized carbons (Fsp3) is 0.214. The van der Waals surface area contributed by atoms with E-state index in [1.807, 2.05) is 54.7 Å². The molecule has 0 atom stereocenters. The van der Waals surface area contributed by atoms with Crippen molar-refractivity contribution in [3.8, 4) is 33.8 Å². The minimum atomic E-state index is -0.380. The van der Waals surface area contributed by atoms with Gasteiger partial charge < -0.3 is 9.31 Å². The molecule has 0 unspecified atom stereocenters. The molecule has 0 saturated carbocycles. The average Bonchev–Trinajstić information content (AvgIpc) is 3.06. The predicted molar refractivity (Wildman–Crippen MR) is 134 cm³/mol. The Bertz CT molecular complexity index is 1240. The average molecular weight is 434 g/mol. The summed E-state index contributed by atoms with van der Waals surface area (Å²) < 4.78 is 12.4. The highest BCUT2D eigenvalue weighted by Crippen LogP contribution is 2.37. The topological polar surface area (TPSA) is 44.2 Å². The zero-order valence-electron chi connectivity index (χ0n) is 19.4. The van der Waals surface area contributed by atoms with Crippen LogP contribution in [-0.4, -0.2) is 28.3 Å². The Labute approximate surface area is 195 Å². The van der Waals surface area contributed by atoms with Crippen LogP contribution in [0.5, 0.6) is 0 Å².